The van der Waals surface area contributed by atoms with E-state index in [1.165, 1.54) is 11.1 Å². The monoisotopic (exact) mass is 212 g/mol. The molecule has 2 nitrogen and oxygen atoms in total. The predicted molar refractivity (Wildman–Crippen MR) is 67.1 cm³/mol. The average Bonchev–Trinajstić information content (AvgIpc) is 2.37. The number of rotatable bonds is 0. The van der Waals surface area contributed by atoms with Crippen molar-refractivity contribution in [1.29, 1.82) is 5.26 Å². The highest BCUT2D eigenvalue weighted by atomic mass is 15.1. The Morgan fingerprint density at radius 3 is 2.69 bits per heavy atom. The summed E-state index contributed by atoms with van der Waals surface area (Å²) in [4.78, 5) is 2.08. The van der Waals surface area contributed by atoms with Gasteiger partial charge < -0.3 is 4.90 Å². The first-order valence-electron chi connectivity index (χ1n) is 5.55. The lowest BCUT2D eigenvalue weighted by Crippen LogP contribution is -2.34. The molecule has 16 heavy (non-hydrogen) atoms. The number of para-hydroxylation sites is 1. The van der Waals surface area contributed by atoms with Gasteiger partial charge in [-0.15, -0.1) is 0 Å². The summed E-state index contributed by atoms with van der Waals surface area (Å²) in [5.74, 6) is 0.252. The lowest BCUT2D eigenvalue weighted by molar-refractivity contribution is 0.613. The molecule has 82 valence electrons. The lowest BCUT2D eigenvalue weighted by atomic mass is 10.00. The number of allylic oxidation sites excluding steroid dienone is 1. The molecule has 0 saturated carbocycles. The van der Waals surface area contributed by atoms with Crippen molar-refractivity contribution in [2.75, 3.05) is 11.9 Å². The quantitative estimate of drug-likeness (QED) is 0.661. The van der Waals surface area contributed by atoms with Crippen LogP contribution in [-0.4, -0.2) is 13.1 Å². The molecule has 1 aliphatic rings. The van der Waals surface area contributed by atoms with E-state index < -0.39 is 0 Å². The molecule has 0 amide bonds. The fourth-order valence-electron chi connectivity index (χ4n) is 2.40. The van der Waals surface area contributed by atoms with Crippen molar-refractivity contribution in [2.45, 2.75) is 19.9 Å². The molecule has 0 saturated heterocycles. The molecule has 0 unspecified atom stereocenters. The van der Waals surface area contributed by atoms with Crippen LogP contribution in [0.3, 0.4) is 0 Å². The largest absolute Gasteiger partial charge is 0.358 e. The zero-order chi connectivity index (χ0) is 11.7. The molecular formula is C14H16N2. The van der Waals surface area contributed by atoms with Gasteiger partial charge in [0.25, 0.3) is 0 Å². The van der Waals surface area contributed by atoms with Gasteiger partial charge in [0.05, 0.1) is 6.07 Å². The minimum atomic E-state index is -0.0846. The highest BCUT2D eigenvalue weighted by Crippen LogP contribution is 2.33. The molecule has 1 aromatic carbocycles. The first-order chi connectivity index (χ1) is 7.65. The molecule has 1 aliphatic heterocycles. The van der Waals surface area contributed by atoms with Crippen LogP contribution in [0.15, 0.2) is 30.3 Å². The zero-order valence-electron chi connectivity index (χ0n) is 9.94. The number of nitriles is 1. The van der Waals surface area contributed by atoms with E-state index in [9.17, 15) is 5.26 Å². The van der Waals surface area contributed by atoms with Crippen molar-refractivity contribution in [3.8, 4) is 6.07 Å². The molecule has 0 aromatic heterocycles. The van der Waals surface area contributed by atoms with Gasteiger partial charge in [-0.25, -0.2) is 0 Å². The van der Waals surface area contributed by atoms with E-state index in [1.54, 1.807) is 0 Å². The second kappa shape index (κ2) is 4.02. The molecule has 2 atom stereocenters. The van der Waals surface area contributed by atoms with Crippen molar-refractivity contribution in [2.24, 2.45) is 5.92 Å². The Hall–Kier alpha value is -1.75. The van der Waals surface area contributed by atoms with Gasteiger partial charge >= 0.3 is 0 Å². The summed E-state index contributed by atoms with van der Waals surface area (Å²) in [7, 11) is 2.00. The topological polar surface area (TPSA) is 27.0 Å². The summed E-state index contributed by atoms with van der Waals surface area (Å²) >= 11 is 0. The van der Waals surface area contributed by atoms with E-state index >= 15 is 0 Å². The average molecular weight is 212 g/mol. The first kappa shape index (κ1) is 10.8. The molecule has 0 spiro atoms. The van der Waals surface area contributed by atoms with E-state index in [-0.39, 0.29) is 12.0 Å². The van der Waals surface area contributed by atoms with Crippen LogP contribution in [0.1, 0.15) is 19.4 Å². The normalized spacial score (nSPS) is 24.1. The van der Waals surface area contributed by atoms with Crippen LogP contribution in [0.4, 0.5) is 5.69 Å². The van der Waals surface area contributed by atoms with Gasteiger partial charge in [0.15, 0.2) is 0 Å². The minimum absolute atomic E-state index is 0.0846. The number of nitrogens with zero attached hydrogens (tertiary/aromatic N) is 2. The van der Waals surface area contributed by atoms with E-state index in [2.05, 4.69) is 43.0 Å². The Labute approximate surface area is 96.8 Å². The number of hydrogen-bond acceptors (Lipinski definition) is 2. The Morgan fingerprint density at radius 1 is 1.31 bits per heavy atom. The molecule has 2 heteroatoms. The molecule has 0 fully saturated rings. The summed E-state index contributed by atoms with van der Waals surface area (Å²) in [6.07, 6.45) is 2.19. The maximum absolute atomic E-state index is 9.25. The number of anilines is 1. The van der Waals surface area contributed by atoms with E-state index in [0.29, 0.717) is 0 Å². The Kier molecular flexibility index (Phi) is 2.70. The van der Waals surface area contributed by atoms with Crippen molar-refractivity contribution in [3.63, 3.8) is 0 Å². The standard InChI is InChI=1S/C14H16N2/c1-10-8-11(2)14(9-15)16(3)13-7-5-4-6-12(10)13/h4-8,11,14H,1-3H3/t11-,14+/m1/s1. The SMILES string of the molecule is CC1=C[C@@H](C)[C@H](C#N)N(C)c2ccccc21. The first-order valence-corrected chi connectivity index (χ1v) is 5.55. The van der Waals surface area contributed by atoms with Gasteiger partial charge in [-0.1, -0.05) is 31.2 Å². The Balaban J connectivity index is 2.60. The number of benzene rings is 1. The smallest absolute Gasteiger partial charge is 0.122 e. The highest BCUT2D eigenvalue weighted by Gasteiger charge is 2.25. The summed E-state index contributed by atoms with van der Waals surface area (Å²) in [5, 5.41) is 9.25. The fourth-order valence-corrected chi connectivity index (χ4v) is 2.40. The van der Waals surface area contributed by atoms with Gasteiger partial charge in [0.1, 0.15) is 6.04 Å². The molecule has 0 aliphatic carbocycles. The van der Waals surface area contributed by atoms with Crippen molar-refractivity contribution < 1.29 is 0 Å². The molecule has 1 heterocycles. The Morgan fingerprint density at radius 2 is 2.00 bits per heavy atom. The molecule has 0 radical (unpaired) electrons. The van der Waals surface area contributed by atoms with Gasteiger partial charge in [-0.3, -0.25) is 0 Å². The summed E-state index contributed by atoms with van der Waals surface area (Å²) in [5.41, 5.74) is 3.63. The molecule has 0 bridgehead atoms. The van der Waals surface area contributed by atoms with E-state index in [4.69, 9.17) is 0 Å². The highest BCUT2D eigenvalue weighted by molar-refractivity contribution is 5.77. The van der Waals surface area contributed by atoms with E-state index in [0.717, 1.165) is 5.69 Å². The lowest BCUT2D eigenvalue weighted by Gasteiger charge is -2.27. The van der Waals surface area contributed by atoms with Crippen LogP contribution >= 0.6 is 0 Å². The second-order valence-corrected chi connectivity index (χ2v) is 4.41. The van der Waals surface area contributed by atoms with Gasteiger partial charge in [0, 0.05) is 24.2 Å². The molecule has 0 N–H and O–H groups in total. The van der Waals surface area contributed by atoms with Crippen LogP contribution in [0.5, 0.6) is 0 Å². The maximum Gasteiger partial charge on any atom is 0.122 e. The van der Waals surface area contributed by atoms with Crippen LogP contribution < -0.4 is 4.90 Å². The molecular weight excluding hydrogens is 196 g/mol. The maximum atomic E-state index is 9.25. The third-order valence-corrected chi connectivity index (χ3v) is 3.27. The minimum Gasteiger partial charge on any atom is -0.358 e. The van der Waals surface area contributed by atoms with Crippen molar-refractivity contribution in [3.05, 3.63) is 35.9 Å². The van der Waals surface area contributed by atoms with Crippen LogP contribution in [0.2, 0.25) is 0 Å². The van der Waals surface area contributed by atoms with Crippen LogP contribution in [-0.2, 0) is 0 Å². The van der Waals surface area contributed by atoms with E-state index in [1.807, 2.05) is 19.2 Å². The second-order valence-electron chi connectivity index (χ2n) is 4.41. The van der Waals surface area contributed by atoms with Crippen molar-refractivity contribution in [1.82, 2.24) is 0 Å². The van der Waals surface area contributed by atoms with Crippen LogP contribution in [0, 0.1) is 17.2 Å². The van der Waals surface area contributed by atoms with Crippen molar-refractivity contribution >= 4 is 11.3 Å². The van der Waals surface area contributed by atoms with Gasteiger partial charge in [-0.05, 0) is 18.6 Å². The predicted octanol–water partition coefficient (Wildman–Crippen LogP) is 3.07. The fraction of sp³-hybridized carbons (Fsp3) is 0.357. The molecule has 2 rings (SSSR count). The Bertz CT molecular complexity index is 468. The number of hydrogen-bond donors (Lipinski definition) is 0. The van der Waals surface area contributed by atoms with Crippen LogP contribution in [0.25, 0.3) is 5.57 Å². The number of fused-ring (bicyclic) bond motifs is 1. The third kappa shape index (κ3) is 1.59. The zero-order valence-corrected chi connectivity index (χ0v) is 9.94. The van der Waals surface area contributed by atoms with Gasteiger partial charge in [-0.2, -0.15) is 5.26 Å². The molecule has 1 aromatic rings. The summed E-state index contributed by atoms with van der Waals surface area (Å²) in [6.45, 7) is 4.21. The van der Waals surface area contributed by atoms with Gasteiger partial charge in [0.2, 0.25) is 0 Å². The summed E-state index contributed by atoms with van der Waals surface area (Å²) < 4.78 is 0. The summed E-state index contributed by atoms with van der Waals surface area (Å²) in [6, 6.07) is 10.6. The third-order valence-electron chi connectivity index (χ3n) is 3.27.